The molecule has 2 aliphatic rings. The third-order valence-corrected chi connectivity index (χ3v) is 14.9. The van der Waals surface area contributed by atoms with Crippen LogP contribution in [0.1, 0.15) is 70.9 Å². The van der Waals surface area contributed by atoms with Gasteiger partial charge in [0.1, 0.15) is 0 Å². The zero-order chi connectivity index (χ0) is 23.7. The van der Waals surface area contributed by atoms with Crippen molar-refractivity contribution in [1.82, 2.24) is 0 Å². The summed E-state index contributed by atoms with van der Waals surface area (Å²) in [6, 6.07) is 7.37. The van der Waals surface area contributed by atoms with Crippen LogP contribution < -0.4 is 5.19 Å². The van der Waals surface area contributed by atoms with E-state index in [1.54, 1.807) is 21.9 Å². The maximum atomic E-state index is 2.64. The molecule has 0 radical (unpaired) electrons. The van der Waals surface area contributed by atoms with E-state index in [4.69, 9.17) is 0 Å². The Kier molecular flexibility index (Phi) is 7.85. The molecule has 0 amide bonds. The second-order valence-electron chi connectivity index (χ2n) is 11.9. The van der Waals surface area contributed by atoms with Gasteiger partial charge in [-0.25, -0.2) is 0 Å². The number of hydrogen-bond acceptors (Lipinski definition) is 0. The van der Waals surface area contributed by atoms with Gasteiger partial charge in [0.2, 0.25) is 0 Å². The molecule has 0 aliphatic heterocycles. The van der Waals surface area contributed by atoms with E-state index in [1.165, 1.54) is 43.2 Å². The Morgan fingerprint density at radius 3 is 2.09 bits per heavy atom. The Bertz CT molecular complexity index is 964. The molecule has 0 saturated heterocycles. The summed E-state index contributed by atoms with van der Waals surface area (Å²) in [4.78, 5) is 0. The standard InChI is InChI=1S/C27H37Si.3CH3.Ti/c1-7-8-12-26(13-10-9-11-14-26)19-27(18-22(4)23(5)24(27)6)28-25-16-20(2)15-21(3)17-25;;;;/h9-11,13,15-17H,7-8,12,14,19,28H2,1-6H3;3*1H3;. The van der Waals surface area contributed by atoms with Gasteiger partial charge in [-0.2, -0.15) is 0 Å². The number of benzene rings is 1. The van der Waals surface area contributed by atoms with E-state index in [0.717, 1.165) is 0 Å². The van der Waals surface area contributed by atoms with Gasteiger partial charge in [-0.1, -0.05) is 0 Å². The van der Waals surface area contributed by atoms with E-state index < -0.39 is 26.1 Å². The number of aryl methyl sites for hydroxylation is 2. The van der Waals surface area contributed by atoms with Gasteiger partial charge in [0.15, 0.2) is 0 Å². The molecule has 2 atom stereocenters. The first kappa shape index (κ1) is 25.7. The second-order valence-corrected chi connectivity index (χ2v) is 22.1. The van der Waals surface area contributed by atoms with Gasteiger partial charge in [-0.15, -0.1) is 0 Å². The average Bonchev–Trinajstić information content (AvgIpc) is 2.87. The number of allylic oxidation sites excluding steroid dienone is 8. The summed E-state index contributed by atoms with van der Waals surface area (Å²) in [6.45, 7) is 14.3. The first-order valence-electron chi connectivity index (χ1n) is 12.8. The van der Waals surface area contributed by atoms with Crippen molar-refractivity contribution < 1.29 is 16.6 Å². The van der Waals surface area contributed by atoms with Gasteiger partial charge < -0.3 is 0 Å². The molecule has 1 aromatic rings. The Morgan fingerprint density at radius 2 is 1.56 bits per heavy atom. The van der Waals surface area contributed by atoms with Crippen LogP contribution in [0.4, 0.5) is 0 Å². The van der Waals surface area contributed by atoms with E-state index in [-0.39, 0.29) is 0 Å². The Balaban J connectivity index is 2.21. The van der Waals surface area contributed by atoms with Crippen LogP contribution in [-0.2, 0) is 16.6 Å². The summed E-state index contributed by atoms with van der Waals surface area (Å²) in [5.41, 5.74) is 8.16. The van der Waals surface area contributed by atoms with Crippen molar-refractivity contribution in [2.45, 2.75) is 94.4 Å². The molecule has 2 unspecified atom stereocenters. The molecule has 1 aromatic carbocycles. The van der Waals surface area contributed by atoms with Crippen molar-refractivity contribution >= 4 is 14.7 Å². The molecule has 0 fully saturated rings. The Labute approximate surface area is 204 Å². The summed E-state index contributed by atoms with van der Waals surface area (Å²) in [5.74, 6) is 0. The van der Waals surface area contributed by atoms with Crippen molar-refractivity contribution in [3.05, 3.63) is 74.2 Å². The van der Waals surface area contributed by atoms with Gasteiger partial charge in [0.25, 0.3) is 0 Å². The molecule has 32 heavy (non-hydrogen) atoms. The van der Waals surface area contributed by atoms with E-state index in [2.05, 4.69) is 99.7 Å². The zero-order valence-electron chi connectivity index (χ0n) is 22.3. The zero-order valence-corrected chi connectivity index (χ0v) is 25.3. The molecule has 3 rings (SSSR count). The minimum absolute atomic E-state index is 0.301. The van der Waals surface area contributed by atoms with Crippen molar-refractivity contribution in [3.63, 3.8) is 0 Å². The van der Waals surface area contributed by atoms with Gasteiger partial charge in [-0.05, 0) is 0 Å². The van der Waals surface area contributed by atoms with Gasteiger partial charge in [0, 0.05) is 0 Å². The van der Waals surface area contributed by atoms with E-state index >= 15 is 0 Å². The molecule has 0 nitrogen and oxygen atoms in total. The van der Waals surface area contributed by atoms with Crippen LogP contribution in [0.3, 0.4) is 0 Å². The van der Waals surface area contributed by atoms with Crippen LogP contribution in [-0.4, -0.2) is 9.52 Å². The first-order valence-corrected chi connectivity index (χ1v) is 19.6. The molecule has 0 bridgehead atoms. The molecule has 2 heteroatoms. The molecule has 174 valence electrons. The maximum absolute atomic E-state index is 2.64. The van der Waals surface area contributed by atoms with Crippen LogP contribution in [0.5, 0.6) is 0 Å². The number of rotatable bonds is 8. The Hall–Kier alpha value is -0.889. The minimum atomic E-state index is -2.09. The summed E-state index contributed by atoms with van der Waals surface area (Å²) >= 11 is -2.09. The number of unbranched alkanes of at least 4 members (excludes halogenated alkanes) is 1. The van der Waals surface area contributed by atoms with Gasteiger partial charge in [0.05, 0.1) is 0 Å². The fourth-order valence-electron chi connectivity index (χ4n) is 6.92. The molecular weight excluding hydrogens is 436 g/mol. The Morgan fingerprint density at radius 1 is 0.906 bits per heavy atom. The van der Waals surface area contributed by atoms with E-state index in [1.807, 2.05) is 3.88 Å². The van der Waals surface area contributed by atoms with Crippen molar-refractivity contribution in [2.24, 2.45) is 5.41 Å². The predicted octanol–water partition coefficient (Wildman–Crippen LogP) is 8.26. The fraction of sp³-hybridized carbons (Fsp3) is 0.533. The van der Waals surface area contributed by atoms with Gasteiger partial charge in [-0.3, -0.25) is 0 Å². The topological polar surface area (TPSA) is 0 Å². The molecular formula is C30H46SiTi. The summed E-state index contributed by atoms with van der Waals surface area (Å²) in [7, 11) is -0.555. The quantitative estimate of drug-likeness (QED) is 0.327. The molecule has 0 saturated carbocycles. The monoisotopic (exact) mass is 482 g/mol. The normalized spacial score (nSPS) is 26.3. The molecule has 0 aromatic heterocycles. The van der Waals surface area contributed by atoms with Crippen LogP contribution in [0, 0.1) is 19.3 Å². The fourth-order valence-corrected chi connectivity index (χ4v) is 17.4. The first-order chi connectivity index (χ1) is 14.9. The average molecular weight is 483 g/mol. The predicted molar refractivity (Wildman–Crippen MR) is 145 cm³/mol. The second kappa shape index (κ2) is 9.77. The van der Waals surface area contributed by atoms with Crippen LogP contribution >= 0.6 is 0 Å². The molecule has 0 heterocycles. The van der Waals surface area contributed by atoms with Crippen LogP contribution in [0.25, 0.3) is 0 Å². The SMILES string of the molecule is CCCCC1(CC2([SiH2]c3cc(C)cc(C)c3)C(C)=C(C)C(C)=[C]2[Ti]([CH3])([CH3])[CH3])C=CC=CC1. The van der Waals surface area contributed by atoms with Crippen molar-refractivity contribution in [1.29, 1.82) is 0 Å². The van der Waals surface area contributed by atoms with E-state index in [9.17, 15) is 0 Å². The molecule has 2 aliphatic carbocycles. The van der Waals surface area contributed by atoms with Crippen molar-refractivity contribution in [2.75, 3.05) is 0 Å². The summed E-state index contributed by atoms with van der Waals surface area (Å²) in [5, 5.41) is 9.89. The van der Waals surface area contributed by atoms with Crippen LogP contribution in [0.15, 0.2) is 63.1 Å². The molecule has 0 spiro atoms. The summed E-state index contributed by atoms with van der Waals surface area (Å²) in [6.07, 6.45) is 16.1. The van der Waals surface area contributed by atoms with Crippen molar-refractivity contribution in [3.8, 4) is 0 Å². The van der Waals surface area contributed by atoms with Gasteiger partial charge >= 0.3 is 205 Å². The van der Waals surface area contributed by atoms with Crippen LogP contribution in [0.2, 0.25) is 20.7 Å². The third kappa shape index (κ3) is 5.11. The molecule has 0 N–H and O–H groups in total. The number of hydrogen-bond donors (Lipinski definition) is 0. The third-order valence-electron chi connectivity index (χ3n) is 8.14. The summed E-state index contributed by atoms with van der Waals surface area (Å²) < 4.78 is 1.93. The van der Waals surface area contributed by atoms with E-state index in [0.29, 0.717) is 10.5 Å².